The van der Waals surface area contributed by atoms with Crippen LogP contribution in [0.4, 0.5) is 0 Å². The number of aryl methyl sites for hydroxylation is 2. The summed E-state index contributed by atoms with van der Waals surface area (Å²) >= 11 is 12.9. The first kappa shape index (κ1) is 23.8. The minimum absolute atomic E-state index is 0.210. The van der Waals surface area contributed by atoms with Crippen molar-refractivity contribution in [1.82, 2.24) is 10.1 Å². The van der Waals surface area contributed by atoms with Gasteiger partial charge in [-0.3, -0.25) is 0 Å². The van der Waals surface area contributed by atoms with E-state index in [-0.39, 0.29) is 6.61 Å². The van der Waals surface area contributed by atoms with Crippen molar-refractivity contribution in [1.29, 1.82) is 0 Å². The lowest BCUT2D eigenvalue weighted by atomic mass is 10.0. The molecule has 2 aliphatic rings. The van der Waals surface area contributed by atoms with Crippen LogP contribution < -0.4 is 9.47 Å². The summed E-state index contributed by atoms with van der Waals surface area (Å²) in [7, 11) is 1.36. The van der Waals surface area contributed by atoms with Gasteiger partial charge in [0, 0.05) is 17.5 Å². The van der Waals surface area contributed by atoms with Crippen molar-refractivity contribution >= 4 is 29.2 Å². The van der Waals surface area contributed by atoms with E-state index in [4.69, 9.17) is 46.9 Å². The van der Waals surface area contributed by atoms with Gasteiger partial charge in [0.15, 0.2) is 0 Å². The summed E-state index contributed by atoms with van der Waals surface area (Å²) in [5.74, 6) is 2.43. The predicted octanol–water partition coefficient (Wildman–Crippen LogP) is 7.18. The number of hydrogen-bond donors (Lipinski definition) is 0. The normalized spacial score (nSPS) is 14.2. The monoisotopic (exact) mass is 536 g/mol. The predicted molar refractivity (Wildman–Crippen MR) is 138 cm³/mol. The molecule has 1 saturated carbocycles. The number of nitrogens with zero attached hydrogens (tertiary/aromatic N) is 2. The fourth-order valence-electron chi connectivity index (χ4n) is 4.49. The zero-order chi connectivity index (χ0) is 25.5. The average Bonchev–Trinajstić information content (AvgIpc) is 3.69. The Morgan fingerprint density at radius 1 is 1.05 bits per heavy atom. The van der Waals surface area contributed by atoms with Gasteiger partial charge in [-0.15, -0.1) is 0 Å². The van der Waals surface area contributed by atoms with E-state index in [1.165, 1.54) is 7.11 Å². The summed E-state index contributed by atoms with van der Waals surface area (Å²) in [6, 6.07) is 14.3. The Morgan fingerprint density at radius 3 is 2.62 bits per heavy atom. The topological polar surface area (TPSA) is 83.7 Å². The number of benzene rings is 2. The lowest BCUT2D eigenvalue weighted by molar-refractivity contribution is 0.0600. The van der Waals surface area contributed by atoms with Gasteiger partial charge in [0.25, 0.3) is 0 Å². The van der Waals surface area contributed by atoms with Crippen molar-refractivity contribution in [3.05, 3.63) is 86.7 Å². The van der Waals surface area contributed by atoms with Gasteiger partial charge in [-0.25, -0.2) is 9.78 Å². The first-order valence-corrected chi connectivity index (χ1v) is 12.7. The fraction of sp³-hybridized carbons (Fsp3) is 0.250. The third-order valence-electron chi connectivity index (χ3n) is 6.58. The van der Waals surface area contributed by atoms with Gasteiger partial charge in [0.05, 0.1) is 34.0 Å². The van der Waals surface area contributed by atoms with Crippen molar-refractivity contribution in [3.63, 3.8) is 0 Å². The molecule has 0 atom stereocenters. The molecule has 188 valence electrons. The molecular formula is C28H22Cl2N2O5. The van der Waals surface area contributed by atoms with Crippen LogP contribution in [-0.4, -0.2) is 23.2 Å². The molecule has 0 bridgehead atoms. The van der Waals surface area contributed by atoms with E-state index in [9.17, 15) is 4.79 Å². The Bertz CT molecular complexity index is 1490. The van der Waals surface area contributed by atoms with Crippen molar-refractivity contribution in [3.8, 4) is 28.6 Å². The zero-order valence-electron chi connectivity index (χ0n) is 19.9. The van der Waals surface area contributed by atoms with Crippen molar-refractivity contribution in [2.45, 2.75) is 38.2 Å². The quantitative estimate of drug-likeness (QED) is 0.241. The fourth-order valence-corrected chi connectivity index (χ4v) is 5.06. The molecule has 4 aromatic rings. The van der Waals surface area contributed by atoms with Gasteiger partial charge in [-0.1, -0.05) is 40.5 Å². The molecule has 0 saturated heterocycles. The molecule has 1 aliphatic carbocycles. The van der Waals surface area contributed by atoms with E-state index in [0.29, 0.717) is 63.0 Å². The van der Waals surface area contributed by atoms with Gasteiger partial charge in [-0.05, 0) is 61.6 Å². The highest BCUT2D eigenvalue weighted by molar-refractivity contribution is 6.39. The lowest BCUT2D eigenvalue weighted by Crippen LogP contribution is -2.03. The van der Waals surface area contributed by atoms with Gasteiger partial charge in [-0.2, -0.15) is 0 Å². The van der Waals surface area contributed by atoms with Gasteiger partial charge in [0.1, 0.15) is 29.6 Å². The Hall–Kier alpha value is -3.55. The molecule has 0 radical (unpaired) electrons. The van der Waals surface area contributed by atoms with Crippen LogP contribution in [-0.2, 0) is 24.2 Å². The minimum Gasteiger partial charge on any atom is -0.473 e. The second kappa shape index (κ2) is 9.72. The number of fused-ring (bicyclic) bond motifs is 2. The van der Waals surface area contributed by atoms with Gasteiger partial charge in [0.2, 0.25) is 5.88 Å². The second-order valence-electron chi connectivity index (χ2n) is 9.04. The Morgan fingerprint density at radius 2 is 1.86 bits per heavy atom. The molecule has 6 rings (SSSR count). The van der Waals surface area contributed by atoms with Crippen LogP contribution in [0, 0.1) is 0 Å². The number of rotatable bonds is 6. The molecule has 0 spiro atoms. The summed E-state index contributed by atoms with van der Waals surface area (Å²) in [4.78, 5) is 16.6. The van der Waals surface area contributed by atoms with E-state index in [0.717, 1.165) is 35.4 Å². The van der Waals surface area contributed by atoms with Gasteiger partial charge >= 0.3 is 5.97 Å². The first-order valence-electron chi connectivity index (χ1n) is 12.0. The highest BCUT2D eigenvalue weighted by Gasteiger charge is 2.34. The maximum absolute atomic E-state index is 11.9. The van der Waals surface area contributed by atoms with Crippen LogP contribution in [0.2, 0.25) is 10.0 Å². The summed E-state index contributed by atoms with van der Waals surface area (Å²) in [5.41, 5.74) is 4.25. The highest BCUT2D eigenvalue weighted by Crippen LogP contribution is 2.46. The number of esters is 1. The largest absolute Gasteiger partial charge is 0.473 e. The Labute approximate surface area is 223 Å². The second-order valence-corrected chi connectivity index (χ2v) is 9.86. The van der Waals surface area contributed by atoms with Crippen molar-refractivity contribution in [2.24, 2.45) is 0 Å². The van der Waals surface area contributed by atoms with E-state index in [1.807, 2.05) is 12.1 Å². The molecule has 3 heterocycles. The Balaban J connectivity index is 1.26. The van der Waals surface area contributed by atoms with Crippen LogP contribution >= 0.6 is 23.2 Å². The smallest absolute Gasteiger partial charge is 0.337 e. The molecule has 9 heteroatoms. The molecular weight excluding hydrogens is 515 g/mol. The Kier molecular flexibility index (Phi) is 6.26. The zero-order valence-corrected chi connectivity index (χ0v) is 21.4. The highest BCUT2D eigenvalue weighted by atomic mass is 35.5. The van der Waals surface area contributed by atoms with Crippen LogP contribution in [0.5, 0.6) is 17.4 Å². The molecule has 1 fully saturated rings. The molecule has 2 aromatic heterocycles. The molecule has 0 unspecified atom stereocenters. The number of ether oxygens (including phenoxy) is 3. The van der Waals surface area contributed by atoms with Crippen LogP contribution in [0.15, 0.2) is 53.1 Å². The first-order chi connectivity index (χ1) is 18.0. The van der Waals surface area contributed by atoms with Gasteiger partial charge < -0.3 is 18.7 Å². The van der Waals surface area contributed by atoms with E-state index >= 15 is 0 Å². The summed E-state index contributed by atoms with van der Waals surface area (Å²) in [6.45, 7) is 0.210. The number of carbonyl (C=O) groups is 1. The number of aromatic nitrogens is 2. The third kappa shape index (κ3) is 4.65. The average molecular weight is 537 g/mol. The van der Waals surface area contributed by atoms with Crippen LogP contribution in [0.3, 0.4) is 0 Å². The van der Waals surface area contributed by atoms with E-state index in [2.05, 4.69) is 5.16 Å². The maximum atomic E-state index is 11.9. The summed E-state index contributed by atoms with van der Waals surface area (Å²) in [5, 5.41) is 5.31. The molecule has 1 aliphatic heterocycles. The molecule has 2 aromatic carbocycles. The number of carbonyl (C=O) groups excluding carboxylic acids is 1. The number of methoxy groups -OCH3 is 1. The molecule has 0 amide bonds. The van der Waals surface area contributed by atoms with E-state index in [1.54, 1.807) is 36.4 Å². The molecule has 0 N–H and O–H groups in total. The summed E-state index contributed by atoms with van der Waals surface area (Å²) < 4.78 is 22.8. The number of pyridine rings is 1. The van der Waals surface area contributed by atoms with Crippen LogP contribution in [0.25, 0.3) is 11.3 Å². The third-order valence-corrected chi connectivity index (χ3v) is 7.21. The molecule has 37 heavy (non-hydrogen) atoms. The standard InChI is InChI=1S/C28H22Cl2N2O5/c1-34-28(33)17-8-5-15-9-10-21-22(36-23(15)13-17)11-12-24(31-21)35-14-18-26(32-37-27(18)16-6-7-16)25-19(29)3-2-4-20(25)30/h2-5,8,11-13,16H,6-7,9-10,14H2,1H3. The number of halogens is 2. The van der Waals surface area contributed by atoms with E-state index < -0.39 is 5.97 Å². The number of hydrogen-bond acceptors (Lipinski definition) is 7. The summed E-state index contributed by atoms with van der Waals surface area (Å²) in [6.07, 6.45) is 3.47. The van der Waals surface area contributed by atoms with Crippen LogP contribution in [0.1, 0.15) is 51.7 Å². The molecule has 7 nitrogen and oxygen atoms in total. The SMILES string of the molecule is COC(=O)c1ccc2c(c1)Oc1ccc(OCc3c(-c4c(Cl)cccc4Cl)noc3C3CC3)nc1CC2. The maximum Gasteiger partial charge on any atom is 0.337 e. The van der Waals surface area contributed by atoms with Crippen molar-refractivity contribution in [2.75, 3.05) is 7.11 Å². The lowest BCUT2D eigenvalue weighted by Gasteiger charge is -2.12. The van der Waals surface area contributed by atoms with Crippen molar-refractivity contribution < 1.29 is 23.5 Å². The minimum atomic E-state index is -0.408.